The Bertz CT molecular complexity index is 982. The van der Waals surface area contributed by atoms with Gasteiger partial charge in [-0.2, -0.15) is 4.31 Å². The zero-order valence-corrected chi connectivity index (χ0v) is 18.8. The van der Waals surface area contributed by atoms with E-state index in [1.165, 1.54) is 10.4 Å². The standard InChI is InChI=1S/C22H30N2O4S/c1-7-24(8-2)29(26,27)20-13-16(4)17(5)21(14-20)23-22(25)18(6)28-19-11-9-10-15(3)12-19/h9-14,18H,7-8H2,1-6H3,(H,23,25)/t18-/m0/s1. The second-order valence-electron chi connectivity index (χ2n) is 7.07. The number of aryl methyl sites for hydroxylation is 2. The number of carbonyl (C=O) groups excluding carboxylic acids is 1. The van der Waals surface area contributed by atoms with Gasteiger partial charge in [-0.05, 0) is 68.7 Å². The molecule has 158 valence electrons. The number of ether oxygens (including phenoxy) is 1. The van der Waals surface area contributed by atoms with Crippen molar-refractivity contribution < 1.29 is 17.9 Å². The minimum Gasteiger partial charge on any atom is -0.481 e. The average Bonchev–Trinajstić information content (AvgIpc) is 2.65. The lowest BCUT2D eigenvalue weighted by Gasteiger charge is -2.21. The van der Waals surface area contributed by atoms with Gasteiger partial charge < -0.3 is 10.1 Å². The summed E-state index contributed by atoms with van der Waals surface area (Å²) in [5, 5.41) is 2.83. The topological polar surface area (TPSA) is 75.7 Å². The summed E-state index contributed by atoms with van der Waals surface area (Å²) in [6, 6.07) is 10.6. The van der Waals surface area contributed by atoms with Crippen molar-refractivity contribution in [1.82, 2.24) is 4.31 Å². The zero-order chi connectivity index (χ0) is 21.8. The normalized spacial score (nSPS) is 12.7. The van der Waals surface area contributed by atoms with Crippen LogP contribution in [0.1, 0.15) is 37.5 Å². The molecule has 2 rings (SSSR count). The molecule has 0 saturated carbocycles. The maximum absolute atomic E-state index is 12.9. The van der Waals surface area contributed by atoms with Crippen molar-refractivity contribution in [1.29, 1.82) is 0 Å². The minimum atomic E-state index is -3.62. The predicted octanol–water partition coefficient (Wildman–Crippen LogP) is 4.05. The quantitative estimate of drug-likeness (QED) is 0.702. The van der Waals surface area contributed by atoms with Crippen LogP contribution in [0, 0.1) is 20.8 Å². The van der Waals surface area contributed by atoms with Gasteiger partial charge >= 0.3 is 0 Å². The SMILES string of the molecule is CCN(CC)S(=O)(=O)c1cc(C)c(C)c(NC(=O)[C@H](C)Oc2cccc(C)c2)c1. The zero-order valence-electron chi connectivity index (χ0n) is 17.9. The molecule has 0 aliphatic rings. The Morgan fingerprint density at radius 2 is 1.76 bits per heavy atom. The maximum atomic E-state index is 12.9. The number of amides is 1. The van der Waals surface area contributed by atoms with Gasteiger partial charge in [0.1, 0.15) is 5.75 Å². The van der Waals surface area contributed by atoms with E-state index in [1.54, 1.807) is 32.9 Å². The molecule has 0 unspecified atom stereocenters. The van der Waals surface area contributed by atoms with E-state index in [0.717, 1.165) is 16.7 Å². The van der Waals surface area contributed by atoms with Crippen molar-refractivity contribution >= 4 is 21.6 Å². The molecule has 0 radical (unpaired) electrons. The molecule has 7 heteroatoms. The van der Waals surface area contributed by atoms with Gasteiger partial charge in [0, 0.05) is 18.8 Å². The second-order valence-corrected chi connectivity index (χ2v) is 9.01. The lowest BCUT2D eigenvalue weighted by molar-refractivity contribution is -0.122. The highest BCUT2D eigenvalue weighted by Gasteiger charge is 2.24. The number of rotatable bonds is 8. The largest absolute Gasteiger partial charge is 0.481 e. The highest BCUT2D eigenvalue weighted by molar-refractivity contribution is 7.89. The van der Waals surface area contributed by atoms with Crippen LogP contribution in [0.15, 0.2) is 41.3 Å². The molecule has 6 nitrogen and oxygen atoms in total. The highest BCUT2D eigenvalue weighted by Crippen LogP contribution is 2.26. The number of anilines is 1. The third-order valence-corrected chi connectivity index (χ3v) is 6.94. The fourth-order valence-corrected chi connectivity index (χ4v) is 4.57. The molecule has 0 aromatic heterocycles. The van der Waals surface area contributed by atoms with Crippen LogP contribution in [0.4, 0.5) is 5.69 Å². The molecular weight excluding hydrogens is 388 g/mol. The Kier molecular flexibility index (Phi) is 7.43. The molecule has 1 atom stereocenters. The van der Waals surface area contributed by atoms with Gasteiger partial charge in [0.2, 0.25) is 10.0 Å². The molecule has 0 aliphatic heterocycles. The first kappa shape index (κ1) is 22.9. The highest BCUT2D eigenvalue weighted by atomic mass is 32.2. The summed E-state index contributed by atoms with van der Waals surface area (Å²) in [6.07, 6.45) is -0.737. The molecule has 0 heterocycles. The predicted molar refractivity (Wildman–Crippen MR) is 116 cm³/mol. The molecule has 0 aliphatic carbocycles. The summed E-state index contributed by atoms with van der Waals surface area (Å²) in [6.45, 7) is 11.7. The van der Waals surface area contributed by atoms with E-state index in [1.807, 2.05) is 39.0 Å². The van der Waals surface area contributed by atoms with E-state index in [2.05, 4.69) is 5.32 Å². The number of sulfonamides is 1. The number of hydrogen-bond donors (Lipinski definition) is 1. The minimum absolute atomic E-state index is 0.173. The molecule has 2 aromatic rings. The van der Waals surface area contributed by atoms with Crippen LogP contribution >= 0.6 is 0 Å². The van der Waals surface area contributed by atoms with E-state index >= 15 is 0 Å². The Balaban J connectivity index is 2.28. The van der Waals surface area contributed by atoms with Gasteiger partial charge in [0.05, 0.1) is 4.90 Å². The fraction of sp³-hybridized carbons (Fsp3) is 0.409. The first-order valence-electron chi connectivity index (χ1n) is 9.75. The molecule has 0 fully saturated rings. The van der Waals surface area contributed by atoms with E-state index in [4.69, 9.17) is 4.74 Å². The number of carbonyl (C=O) groups is 1. The van der Waals surface area contributed by atoms with Crippen LogP contribution in [-0.2, 0) is 14.8 Å². The summed E-state index contributed by atoms with van der Waals surface area (Å²) in [7, 11) is -3.62. The molecule has 0 saturated heterocycles. The first-order chi connectivity index (χ1) is 13.6. The van der Waals surface area contributed by atoms with Crippen LogP contribution in [-0.4, -0.2) is 37.8 Å². The van der Waals surface area contributed by atoms with Crippen molar-refractivity contribution in [2.75, 3.05) is 18.4 Å². The van der Waals surface area contributed by atoms with Crippen molar-refractivity contribution in [3.63, 3.8) is 0 Å². The van der Waals surface area contributed by atoms with Crippen LogP contribution in [0.3, 0.4) is 0 Å². The molecular formula is C22H30N2O4S. The van der Waals surface area contributed by atoms with Crippen molar-refractivity contribution in [2.24, 2.45) is 0 Å². The van der Waals surface area contributed by atoms with Crippen LogP contribution in [0.2, 0.25) is 0 Å². The number of nitrogens with zero attached hydrogens (tertiary/aromatic N) is 1. The van der Waals surface area contributed by atoms with E-state index in [9.17, 15) is 13.2 Å². The van der Waals surface area contributed by atoms with Crippen molar-refractivity contribution in [3.8, 4) is 5.75 Å². The number of nitrogens with one attached hydrogen (secondary N) is 1. The summed E-state index contributed by atoms with van der Waals surface area (Å²) in [5.74, 6) is 0.268. The third kappa shape index (κ3) is 5.36. The third-order valence-electron chi connectivity index (χ3n) is 4.91. The molecule has 1 amide bonds. The maximum Gasteiger partial charge on any atom is 0.265 e. The van der Waals surface area contributed by atoms with E-state index in [0.29, 0.717) is 24.5 Å². The van der Waals surface area contributed by atoms with E-state index in [-0.39, 0.29) is 10.8 Å². The number of benzene rings is 2. The molecule has 29 heavy (non-hydrogen) atoms. The van der Waals surface area contributed by atoms with Crippen molar-refractivity contribution in [2.45, 2.75) is 52.5 Å². The Morgan fingerprint density at radius 1 is 1.10 bits per heavy atom. The van der Waals surface area contributed by atoms with Crippen LogP contribution in [0.25, 0.3) is 0 Å². The summed E-state index contributed by atoms with van der Waals surface area (Å²) in [4.78, 5) is 12.8. The first-order valence-corrected chi connectivity index (χ1v) is 11.2. The van der Waals surface area contributed by atoms with Crippen molar-refractivity contribution in [3.05, 3.63) is 53.1 Å². The smallest absolute Gasteiger partial charge is 0.265 e. The number of hydrogen-bond acceptors (Lipinski definition) is 4. The summed E-state index contributed by atoms with van der Waals surface area (Å²) in [5.41, 5.74) is 3.12. The van der Waals surface area contributed by atoms with Gasteiger partial charge in [-0.3, -0.25) is 4.79 Å². The average molecular weight is 419 g/mol. The van der Waals surface area contributed by atoms with Gasteiger partial charge in [-0.1, -0.05) is 26.0 Å². The lowest BCUT2D eigenvalue weighted by Crippen LogP contribution is -2.32. The fourth-order valence-electron chi connectivity index (χ4n) is 3.00. The summed E-state index contributed by atoms with van der Waals surface area (Å²) < 4.78 is 32.9. The van der Waals surface area contributed by atoms with Gasteiger partial charge in [-0.25, -0.2) is 8.42 Å². The monoisotopic (exact) mass is 418 g/mol. The van der Waals surface area contributed by atoms with Crippen LogP contribution < -0.4 is 10.1 Å². The Labute approximate surface area is 173 Å². The van der Waals surface area contributed by atoms with Crippen LogP contribution in [0.5, 0.6) is 5.75 Å². The molecule has 0 spiro atoms. The Hall–Kier alpha value is -2.38. The van der Waals surface area contributed by atoms with Gasteiger partial charge in [0.15, 0.2) is 6.10 Å². The Morgan fingerprint density at radius 3 is 2.34 bits per heavy atom. The lowest BCUT2D eigenvalue weighted by atomic mass is 10.1. The van der Waals surface area contributed by atoms with Gasteiger partial charge in [-0.15, -0.1) is 0 Å². The summed E-state index contributed by atoms with van der Waals surface area (Å²) >= 11 is 0. The molecule has 0 bridgehead atoms. The molecule has 2 aromatic carbocycles. The second kappa shape index (κ2) is 9.41. The van der Waals surface area contributed by atoms with Gasteiger partial charge in [0.25, 0.3) is 5.91 Å². The van der Waals surface area contributed by atoms with E-state index < -0.39 is 16.1 Å². The molecule has 1 N–H and O–H groups in total.